The molecule has 0 N–H and O–H groups in total. The van der Waals surface area contributed by atoms with Crippen LogP contribution in [0.25, 0.3) is 10.1 Å². The molecule has 0 fully saturated rings. The van der Waals surface area contributed by atoms with Crippen molar-refractivity contribution in [2.24, 2.45) is 0 Å². The second kappa shape index (κ2) is 2.72. The molecule has 14 heavy (non-hydrogen) atoms. The molecule has 1 aromatic heterocycles. The number of carbonyl (C=O) groups excluding carboxylic acids is 1. The molecule has 1 aliphatic rings. The standard InChI is InChI=1S/C10H6O3S/c11-4-7-1-6-2-8-9(13-5-12-8)3-10(6)14-7/h1-4H,5H2. The van der Waals surface area contributed by atoms with Gasteiger partial charge in [-0.2, -0.15) is 0 Å². The Balaban J connectivity index is 2.29. The summed E-state index contributed by atoms with van der Waals surface area (Å²) in [6.45, 7) is 0.285. The van der Waals surface area contributed by atoms with Crippen LogP contribution in [0.3, 0.4) is 0 Å². The molecule has 0 amide bonds. The van der Waals surface area contributed by atoms with Crippen LogP contribution in [0.2, 0.25) is 0 Å². The molecule has 0 spiro atoms. The largest absolute Gasteiger partial charge is 0.454 e. The maximum Gasteiger partial charge on any atom is 0.231 e. The van der Waals surface area contributed by atoms with Gasteiger partial charge in [0.1, 0.15) is 0 Å². The topological polar surface area (TPSA) is 35.5 Å². The summed E-state index contributed by atoms with van der Waals surface area (Å²) in [7, 11) is 0. The van der Waals surface area contributed by atoms with Crippen LogP contribution in [0.15, 0.2) is 18.2 Å². The van der Waals surface area contributed by atoms with E-state index in [0.717, 1.165) is 32.7 Å². The van der Waals surface area contributed by atoms with Crippen molar-refractivity contribution in [1.82, 2.24) is 0 Å². The first kappa shape index (κ1) is 7.82. The number of benzene rings is 1. The molecule has 3 rings (SSSR count). The fourth-order valence-corrected chi connectivity index (χ4v) is 2.40. The zero-order chi connectivity index (χ0) is 9.54. The van der Waals surface area contributed by atoms with E-state index in [1.165, 1.54) is 11.3 Å². The summed E-state index contributed by atoms with van der Waals surface area (Å²) in [5.74, 6) is 1.52. The maximum absolute atomic E-state index is 10.6. The second-order valence-electron chi connectivity index (χ2n) is 3.01. The molecule has 1 aromatic carbocycles. The van der Waals surface area contributed by atoms with Crippen molar-refractivity contribution in [3.63, 3.8) is 0 Å². The molecule has 0 unspecified atom stereocenters. The summed E-state index contributed by atoms with van der Waals surface area (Å²) in [5, 5.41) is 1.03. The zero-order valence-electron chi connectivity index (χ0n) is 7.15. The van der Waals surface area contributed by atoms with Crippen molar-refractivity contribution in [3.8, 4) is 11.5 Å². The SMILES string of the molecule is O=Cc1cc2cc3c(cc2s1)OCO3. The molecule has 0 saturated heterocycles. The first-order valence-electron chi connectivity index (χ1n) is 4.15. The Morgan fingerprint density at radius 2 is 2.00 bits per heavy atom. The Morgan fingerprint density at radius 3 is 2.79 bits per heavy atom. The van der Waals surface area contributed by atoms with Gasteiger partial charge in [-0.3, -0.25) is 4.79 Å². The van der Waals surface area contributed by atoms with E-state index in [0.29, 0.717) is 0 Å². The van der Waals surface area contributed by atoms with E-state index in [1.54, 1.807) is 0 Å². The van der Waals surface area contributed by atoms with E-state index >= 15 is 0 Å². The number of fused-ring (bicyclic) bond motifs is 2. The highest BCUT2D eigenvalue weighted by molar-refractivity contribution is 7.20. The van der Waals surface area contributed by atoms with Gasteiger partial charge in [-0.25, -0.2) is 0 Å². The number of hydrogen-bond acceptors (Lipinski definition) is 4. The van der Waals surface area contributed by atoms with Gasteiger partial charge < -0.3 is 9.47 Å². The molecule has 0 atom stereocenters. The predicted octanol–water partition coefficient (Wildman–Crippen LogP) is 2.44. The van der Waals surface area contributed by atoms with Gasteiger partial charge in [-0.1, -0.05) is 0 Å². The molecule has 1 aliphatic heterocycles. The first-order valence-corrected chi connectivity index (χ1v) is 4.97. The average Bonchev–Trinajstić information content (AvgIpc) is 2.77. The minimum absolute atomic E-state index is 0.285. The van der Waals surface area contributed by atoms with Crippen LogP contribution in [0, 0.1) is 0 Å². The molecule has 2 heterocycles. The van der Waals surface area contributed by atoms with Crippen LogP contribution in [0.5, 0.6) is 11.5 Å². The minimum atomic E-state index is 0.285. The third kappa shape index (κ3) is 1.01. The Hall–Kier alpha value is -1.55. The van der Waals surface area contributed by atoms with Crippen LogP contribution < -0.4 is 9.47 Å². The smallest absolute Gasteiger partial charge is 0.231 e. The van der Waals surface area contributed by atoms with Crippen molar-refractivity contribution in [3.05, 3.63) is 23.1 Å². The van der Waals surface area contributed by atoms with Crippen molar-refractivity contribution >= 4 is 27.7 Å². The van der Waals surface area contributed by atoms with Crippen molar-refractivity contribution < 1.29 is 14.3 Å². The summed E-state index contributed by atoms with van der Waals surface area (Å²) >= 11 is 1.46. The zero-order valence-corrected chi connectivity index (χ0v) is 7.97. The van der Waals surface area contributed by atoms with Gasteiger partial charge in [-0.05, 0) is 17.5 Å². The summed E-state index contributed by atoms with van der Waals surface area (Å²) in [6.07, 6.45) is 0.859. The lowest BCUT2D eigenvalue weighted by Crippen LogP contribution is -1.92. The molecular formula is C10H6O3S. The van der Waals surface area contributed by atoms with Gasteiger partial charge in [0.15, 0.2) is 17.8 Å². The van der Waals surface area contributed by atoms with E-state index in [1.807, 2.05) is 18.2 Å². The maximum atomic E-state index is 10.6. The van der Waals surface area contributed by atoms with E-state index in [9.17, 15) is 4.79 Å². The highest BCUT2D eigenvalue weighted by Crippen LogP contribution is 2.38. The Labute approximate surface area is 83.9 Å². The summed E-state index contributed by atoms with van der Waals surface area (Å²) in [4.78, 5) is 11.3. The number of aldehydes is 1. The normalized spacial score (nSPS) is 13.4. The lowest BCUT2D eigenvalue weighted by molar-refractivity contribution is 0.112. The second-order valence-corrected chi connectivity index (χ2v) is 4.13. The predicted molar refractivity (Wildman–Crippen MR) is 53.3 cm³/mol. The number of rotatable bonds is 1. The molecule has 2 aromatic rings. The molecule has 0 aliphatic carbocycles. The van der Waals surface area contributed by atoms with Gasteiger partial charge in [0, 0.05) is 10.8 Å². The number of thiophene rings is 1. The van der Waals surface area contributed by atoms with E-state index < -0.39 is 0 Å². The summed E-state index contributed by atoms with van der Waals surface area (Å²) in [5.41, 5.74) is 0. The monoisotopic (exact) mass is 206 g/mol. The molecule has 70 valence electrons. The highest BCUT2D eigenvalue weighted by Gasteiger charge is 2.15. The fourth-order valence-electron chi connectivity index (χ4n) is 1.51. The van der Waals surface area contributed by atoms with Crippen LogP contribution in [0.1, 0.15) is 9.67 Å². The fraction of sp³-hybridized carbons (Fsp3) is 0.100. The lowest BCUT2D eigenvalue weighted by Gasteiger charge is -1.94. The van der Waals surface area contributed by atoms with Crippen LogP contribution in [-0.4, -0.2) is 13.1 Å². The van der Waals surface area contributed by atoms with Crippen molar-refractivity contribution in [1.29, 1.82) is 0 Å². The van der Waals surface area contributed by atoms with Crippen LogP contribution in [0.4, 0.5) is 0 Å². The van der Waals surface area contributed by atoms with Crippen LogP contribution in [-0.2, 0) is 0 Å². The van der Waals surface area contributed by atoms with Gasteiger partial charge in [0.2, 0.25) is 6.79 Å². The van der Waals surface area contributed by atoms with Crippen molar-refractivity contribution in [2.45, 2.75) is 0 Å². The molecule has 3 nitrogen and oxygen atoms in total. The van der Waals surface area contributed by atoms with E-state index in [4.69, 9.17) is 9.47 Å². The number of hydrogen-bond donors (Lipinski definition) is 0. The van der Waals surface area contributed by atoms with Crippen LogP contribution >= 0.6 is 11.3 Å². The Kier molecular flexibility index (Phi) is 1.52. The van der Waals surface area contributed by atoms with Gasteiger partial charge in [0.25, 0.3) is 0 Å². The van der Waals surface area contributed by atoms with Crippen molar-refractivity contribution in [2.75, 3.05) is 6.79 Å². The van der Waals surface area contributed by atoms with Gasteiger partial charge in [-0.15, -0.1) is 11.3 Å². The highest BCUT2D eigenvalue weighted by atomic mass is 32.1. The van der Waals surface area contributed by atoms with Gasteiger partial charge >= 0.3 is 0 Å². The molecule has 4 heteroatoms. The minimum Gasteiger partial charge on any atom is -0.454 e. The number of ether oxygens (including phenoxy) is 2. The third-order valence-corrected chi connectivity index (χ3v) is 3.17. The summed E-state index contributed by atoms with van der Waals surface area (Å²) in [6, 6.07) is 5.67. The molecular weight excluding hydrogens is 200 g/mol. The molecule has 0 radical (unpaired) electrons. The molecule has 0 saturated carbocycles. The lowest BCUT2D eigenvalue weighted by atomic mass is 10.2. The Morgan fingerprint density at radius 1 is 1.21 bits per heavy atom. The quantitative estimate of drug-likeness (QED) is 0.672. The first-order chi connectivity index (χ1) is 6.86. The average molecular weight is 206 g/mol. The van der Waals surface area contributed by atoms with Gasteiger partial charge in [0.05, 0.1) is 4.88 Å². The molecule has 0 bridgehead atoms. The number of carbonyl (C=O) groups is 1. The van der Waals surface area contributed by atoms with E-state index in [-0.39, 0.29) is 6.79 Å². The summed E-state index contributed by atoms with van der Waals surface area (Å²) < 4.78 is 11.5. The third-order valence-electron chi connectivity index (χ3n) is 2.15. The Bertz CT molecular complexity index is 474. The van der Waals surface area contributed by atoms with E-state index in [2.05, 4.69) is 0 Å².